The van der Waals surface area contributed by atoms with Crippen molar-refractivity contribution in [3.05, 3.63) is 71.4 Å². The highest BCUT2D eigenvalue weighted by molar-refractivity contribution is 7.99. The molecule has 0 saturated carbocycles. The first-order valence-corrected chi connectivity index (χ1v) is 12.4. The third kappa shape index (κ3) is 6.20. The molecule has 1 aliphatic rings. The SMILES string of the molecule is COc1ccc(CNC(=O)CSc2nccc(N3CCN(c4cc(C)ccc4C)CC3)n2)cc1. The van der Waals surface area contributed by atoms with E-state index in [9.17, 15) is 4.79 Å². The van der Waals surface area contributed by atoms with Crippen LogP contribution in [0.3, 0.4) is 0 Å². The van der Waals surface area contributed by atoms with Gasteiger partial charge in [0.25, 0.3) is 0 Å². The molecular weight excluding hydrogens is 446 g/mol. The first-order valence-electron chi connectivity index (χ1n) is 11.4. The molecule has 0 unspecified atom stereocenters. The molecule has 0 bridgehead atoms. The van der Waals surface area contributed by atoms with Crippen LogP contribution in [0, 0.1) is 13.8 Å². The molecule has 0 radical (unpaired) electrons. The number of aromatic nitrogens is 2. The molecule has 1 N–H and O–H groups in total. The number of carbonyl (C=O) groups excluding carboxylic acids is 1. The van der Waals surface area contributed by atoms with Gasteiger partial charge in [0, 0.05) is 44.6 Å². The van der Waals surface area contributed by atoms with Crippen LogP contribution in [-0.2, 0) is 11.3 Å². The highest BCUT2D eigenvalue weighted by Crippen LogP contribution is 2.25. The highest BCUT2D eigenvalue weighted by Gasteiger charge is 2.20. The van der Waals surface area contributed by atoms with E-state index in [0.717, 1.165) is 43.3 Å². The molecule has 0 aliphatic carbocycles. The smallest absolute Gasteiger partial charge is 0.230 e. The standard InChI is InChI=1S/C26H31N5O2S/c1-19-4-5-20(2)23(16-19)30-12-14-31(15-13-30)24-10-11-27-26(29-24)34-18-25(32)28-17-21-6-8-22(33-3)9-7-21/h4-11,16H,12-15,17-18H2,1-3H3,(H,28,32). The fourth-order valence-corrected chi connectivity index (χ4v) is 4.59. The number of benzene rings is 2. The van der Waals surface area contributed by atoms with Gasteiger partial charge in [0.05, 0.1) is 12.9 Å². The normalized spacial score (nSPS) is 13.6. The molecule has 1 aromatic heterocycles. The van der Waals surface area contributed by atoms with Gasteiger partial charge in [-0.2, -0.15) is 0 Å². The number of nitrogens with zero attached hydrogens (tertiary/aromatic N) is 4. The number of hydrogen-bond acceptors (Lipinski definition) is 7. The fourth-order valence-electron chi connectivity index (χ4n) is 3.94. The Kier molecular flexibility index (Phi) is 7.90. The first-order chi connectivity index (χ1) is 16.5. The van der Waals surface area contributed by atoms with E-state index in [2.05, 4.69) is 52.1 Å². The summed E-state index contributed by atoms with van der Waals surface area (Å²) in [5.74, 6) is 1.95. The summed E-state index contributed by atoms with van der Waals surface area (Å²) >= 11 is 1.36. The lowest BCUT2D eigenvalue weighted by Crippen LogP contribution is -2.47. The van der Waals surface area contributed by atoms with Crippen LogP contribution in [-0.4, -0.2) is 54.9 Å². The van der Waals surface area contributed by atoms with Gasteiger partial charge in [0.2, 0.25) is 5.91 Å². The highest BCUT2D eigenvalue weighted by atomic mass is 32.2. The van der Waals surface area contributed by atoms with E-state index < -0.39 is 0 Å². The van der Waals surface area contributed by atoms with E-state index in [1.165, 1.54) is 28.6 Å². The topological polar surface area (TPSA) is 70.6 Å². The zero-order valence-electron chi connectivity index (χ0n) is 20.0. The number of piperazine rings is 1. The van der Waals surface area contributed by atoms with Gasteiger partial charge >= 0.3 is 0 Å². The molecule has 8 heteroatoms. The van der Waals surface area contributed by atoms with Crippen molar-refractivity contribution in [2.24, 2.45) is 0 Å². The summed E-state index contributed by atoms with van der Waals surface area (Å²) in [6.07, 6.45) is 1.77. The summed E-state index contributed by atoms with van der Waals surface area (Å²) in [6, 6.07) is 16.2. The fraction of sp³-hybridized carbons (Fsp3) is 0.346. The molecule has 0 spiro atoms. The van der Waals surface area contributed by atoms with Crippen molar-refractivity contribution in [3.8, 4) is 5.75 Å². The van der Waals surface area contributed by atoms with E-state index in [4.69, 9.17) is 9.72 Å². The molecule has 7 nitrogen and oxygen atoms in total. The maximum Gasteiger partial charge on any atom is 0.230 e. The van der Waals surface area contributed by atoms with Crippen LogP contribution < -0.4 is 19.9 Å². The van der Waals surface area contributed by atoms with E-state index in [-0.39, 0.29) is 11.7 Å². The second-order valence-electron chi connectivity index (χ2n) is 8.37. The monoisotopic (exact) mass is 477 g/mol. The van der Waals surface area contributed by atoms with Crippen LogP contribution in [0.1, 0.15) is 16.7 Å². The minimum Gasteiger partial charge on any atom is -0.497 e. The predicted octanol–water partition coefficient (Wildman–Crippen LogP) is 3.84. The molecule has 2 heterocycles. The molecular formula is C26H31N5O2S. The van der Waals surface area contributed by atoms with Crippen molar-refractivity contribution >= 4 is 29.2 Å². The maximum absolute atomic E-state index is 12.3. The van der Waals surface area contributed by atoms with Crippen molar-refractivity contribution < 1.29 is 9.53 Å². The Balaban J connectivity index is 1.26. The van der Waals surface area contributed by atoms with Crippen LogP contribution in [0.15, 0.2) is 59.9 Å². The summed E-state index contributed by atoms with van der Waals surface area (Å²) in [5.41, 5.74) is 4.94. The zero-order chi connectivity index (χ0) is 23.9. The number of carbonyl (C=O) groups is 1. The van der Waals surface area contributed by atoms with Gasteiger partial charge in [0.15, 0.2) is 5.16 Å². The largest absolute Gasteiger partial charge is 0.497 e. The Morgan fingerprint density at radius 2 is 1.76 bits per heavy atom. The first kappa shape index (κ1) is 23.9. The minimum absolute atomic E-state index is 0.0445. The van der Waals surface area contributed by atoms with Gasteiger partial charge in [-0.05, 0) is 54.8 Å². The summed E-state index contributed by atoms with van der Waals surface area (Å²) in [7, 11) is 1.64. The average Bonchev–Trinajstić information content (AvgIpc) is 2.88. The van der Waals surface area contributed by atoms with Crippen molar-refractivity contribution in [1.29, 1.82) is 0 Å². The Hall–Kier alpha value is -3.26. The number of anilines is 2. The summed E-state index contributed by atoms with van der Waals surface area (Å²) < 4.78 is 5.16. The number of thioether (sulfide) groups is 1. The molecule has 0 atom stereocenters. The maximum atomic E-state index is 12.3. The number of hydrogen-bond donors (Lipinski definition) is 1. The predicted molar refractivity (Wildman–Crippen MR) is 138 cm³/mol. The molecule has 2 aromatic carbocycles. The minimum atomic E-state index is -0.0445. The van der Waals surface area contributed by atoms with Crippen LogP contribution in [0.2, 0.25) is 0 Å². The Morgan fingerprint density at radius 3 is 2.50 bits per heavy atom. The molecule has 1 fully saturated rings. The van der Waals surface area contributed by atoms with Crippen LogP contribution >= 0.6 is 11.8 Å². The molecule has 3 aromatic rings. The van der Waals surface area contributed by atoms with Crippen molar-refractivity contribution in [2.75, 3.05) is 48.8 Å². The number of methoxy groups -OCH3 is 1. The van der Waals surface area contributed by atoms with E-state index in [1.807, 2.05) is 30.3 Å². The Bertz CT molecular complexity index is 1110. The van der Waals surface area contributed by atoms with Gasteiger partial charge in [-0.3, -0.25) is 4.79 Å². The number of amides is 1. The molecule has 4 rings (SSSR count). The summed E-state index contributed by atoms with van der Waals surface area (Å²) in [5, 5.41) is 3.56. The molecule has 1 amide bonds. The van der Waals surface area contributed by atoms with Crippen molar-refractivity contribution in [1.82, 2.24) is 15.3 Å². The van der Waals surface area contributed by atoms with Crippen molar-refractivity contribution in [3.63, 3.8) is 0 Å². The van der Waals surface area contributed by atoms with Gasteiger partial charge in [-0.15, -0.1) is 0 Å². The second-order valence-corrected chi connectivity index (χ2v) is 9.32. The van der Waals surface area contributed by atoms with Crippen LogP contribution in [0.25, 0.3) is 0 Å². The zero-order valence-corrected chi connectivity index (χ0v) is 20.8. The summed E-state index contributed by atoms with van der Waals surface area (Å²) in [6.45, 7) is 8.48. The van der Waals surface area contributed by atoms with Crippen molar-refractivity contribution in [2.45, 2.75) is 25.5 Å². The molecule has 1 aliphatic heterocycles. The van der Waals surface area contributed by atoms with E-state index in [0.29, 0.717) is 11.7 Å². The summed E-state index contributed by atoms with van der Waals surface area (Å²) in [4.78, 5) is 26.1. The third-order valence-corrected chi connectivity index (χ3v) is 6.77. The van der Waals surface area contributed by atoms with Gasteiger partial charge in [-0.1, -0.05) is 36.0 Å². The number of ether oxygens (including phenoxy) is 1. The van der Waals surface area contributed by atoms with Crippen LogP contribution in [0.5, 0.6) is 5.75 Å². The second kappa shape index (κ2) is 11.2. The lowest BCUT2D eigenvalue weighted by Gasteiger charge is -2.37. The Labute approximate surface area is 205 Å². The third-order valence-electron chi connectivity index (χ3n) is 5.91. The molecule has 34 heavy (non-hydrogen) atoms. The lowest BCUT2D eigenvalue weighted by molar-refractivity contribution is -0.118. The van der Waals surface area contributed by atoms with Crippen LogP contribution in [0.4, 0.5) is 11.5 Å². The van der Waals surface area contributed by atoms with E-state index in [1.54, 1.807) is 13.3 Å². The lowest BCUT2D eigenvalue weighted by atomic mass is 10.1. The quantitative estimate of drug-likeness (QED) is 0.390. The number of nitrogens with one attached hydrogen (secondary N) is 1. The molecule has 178 valence electrons. The van der Waals surface area contributed by atoms with Gasteiger partial charge < -0.3 is 19.9 Å². The van der Waals surface area contributed by atoms with Gasteiger partial charge in [0.1, 0.15) is 11.6 Å². The average molecular weight is 478 g/mol. The number of aryl methyl sites for hydroxylation is 2. The molecule has 1 saturated heterocycles. The van der Waals surface area contributed by atoms with Gasteiger partial charge in [-0.25, -0.2) is 9.97 Å². The Morgan fingerprint density at radius 1 is 1.03 bits per heavy atom. The van der Waals surface area contributed by atoms with E-state index >= 15 is 0 Å². The number of rotatable bonds is 8.